The third kappa shape index (κ3) is 7.15. The molecular weight excluding hydrogens is 197 g/mol. The van der Waals surface area contributed by atoms with Gasteiger partial charge >= 0.3 is 6.18 Å². The van der Waals surface area contributed by atoms with Gasteiger partial charge in [-0.2, -0.15) is 13.2 Å². The third-order valence-electron chi connectivity index (χ3n) is 1.93. The smallest absolute Gasteiger partial charge is 0.389 e. The molecule has 0 aliphatic heterocycles. The van der Waals surface area contributed by atoms with Crippen LogP contribution in [0.4, 0.5) is 13.2 Å². The van der Waals surface area contributed by atoms with Crippen molar-refractivity contribution >= 4 is 0 Å². The van der Waals surface area contributed by atoms with Crippen LogP contribution in [0.1, 0.15) is 33.1 Å². The number of aliphatic hydroxyl groups is 1. The van der Waals surface area contributed by atoms with Crippen LogP contribution in [0.5, 0.6) is 0 Å². The molecule has 0 amide bonds. The van der Waals surface area contributed by atoms with Gasteiger partial charge in [0.05, 0.1) is 12.2 Å². The van der Waals surface area contributed by atoms with Gasteiger partial charge in [0, 0.05) is 13.0 Å². The molecule has 0 saturated carbocycles. The Hall–Kier alpha value is -0.290. The van der Waals surface area contributed by atoms with Crippen molar-refractivity contribution in [2.75, 3.05) is 6.61 Å². The summed E-state index contributed by atoms with van der Waals surface area (Å²) in [7, 11) is 0. The quantitative estimate of drug-likeness (QED) is 0.736. The fourth-order valence-electron chi connectivity index (χ4n) is 1.12. The van der Waals surface area contributed by atoms with Gasteiger partial charge in [-0.25, -0.2) is 0 Å². The molecule has 0 aliphatic rings. The number of rotatable bonds is 6. The lowest BCUT2D eigenvalue weighted by atomic mass is 10.1. The number of hydrogen-bond donors (Lipinski definition) is 1. The second-order valence-corrected chi connectivity index (χ2v) is 3.24. The minimum absolute atomic E-state index is 0.0535. The van der Waals surface area contributed by atoms with Crippen LogP contribution < -0.4 is 0 Å². The highest BCUT2D eigenvalue weighted by atomic mass is 19.4. The Balaban J connectivity index is 3.58. The van der Waals surface area contributed by atoms with Crippen molar-refractivity contribution in [2.45, 2.75) is 51.5 Å². The van der Waals surface area contributed by atoms with Crippen molar-refractivity contribution in [2.24, 2.45) is 0 Å². The first-order valence-corrected chi connectivity index (χ1v) is 4.73. The molecule has 0 radical (unpaired) electrons. The second kappa shape index (κ2) is 6.24. The zero-order chi connectivity index (χ0) is 11.2. The van der Waals surface area contributed by atoms with Crippen molar-refractivity contribution in [3.05, 3.63) is 0 Å². The second-order valence-electron chi connectivity index (χ2n) is 3.24. The highest BCUT2D eigenvalue weighted by molar-refractivity contribution is 4.65. The van der Waals surface area contributed by atoms with E-state index in [2.05, 4.69) is 0 Å². The van der Waals surface area contributed by atoms with Crippen LogP contribution in [0.15, 0.2) is 0 Å². The maximum absolute atomic E-state index is 11.7. The fourth-order valence-corrected chi connectivity index (χ4v) is 1.12. The Morgan fingerprint density at radius 1 is 1.36 bits per heavy atom. The van der Waals surface area contributed by atoms with Crippen LogP contribution in [0.25, 0.3) is 0 Å². The summed E-state index contributed by atoms with van der Waals surface area (Å²) >= 11 is 0. The molecule has 0 fully saturated rings. The molecule has 0 aromatic rings. The number of ether oxygens (including phenoxy) is 1. The van der Waals surface area contributed by atoms with Gasteiger partial charge < -0.3 is 9.84 Å². The lowest BCUT2D eigenvalue weighted by Gasteiger charge is -2.18. The molecule has 14 heavy (non-hydrogen) atoms. The molecule has 0 aromatic heterocycles. The summed E-state index contributed by atoms with van der Waals surface area (Å²) in [6.45, 7) is 3.89. The molecular formula is C9H17F3O2. The van der Waals surface area contributed by atoms with Gasteiger partial charge in [-0.3, -0.25) is 0 Å². The molecule has 2 atom stereocenters. The maximum atomic E-state index is 11.7. The fraction of sp³-hybridized carbons (Fsp3) is 1.00. The zero-order valence-corrected chi connectivity index (χ0v) is 8.47. The van der Waals surface area contributed by atoms with Crippen LogP contribution in [0.2, 0.25) is 0 Å². The summed E-state index contributed by atoms with van der Waals surface area (Å²) in [4.78, 5) is 0. The first-order valence-electron chi connectivity index (χ1n) is 4.73. The Morgan fingerprint density at radius 2 is 1.93 bits per heavy atom. The van der Waals surface area contributed by atoms with E-state index in [1.54, 1.807) is 13.8 Å². The Morgan fingerprint density at radius 3 is 2.36 bits per heavy atom. The topological polar surface area (TPSA) is 29.5 Å². The molecule has 0 heterocycles. The molecule has 0 saturated heterocycles. The van der Waals surface area contributed by atoms with Crippen LogP contribution in [-0.2, 0) is 4.74 Å². The largest absolute Gasteiger partial charge is 0.390 e. The van der Waals surface area contributed by atoms with Crippen LogP contribution >= 0.6 is 0 Å². The number of aliphatic hydroxyl groups excluding tert-OH is 1. The standard InChI is InChI=1S/C9H17F3O2/c1-3-14-7(2)8(13)5-4-6-9(10,11)12/h7-8,13H,3-6H2,1-2H3. The van der Waals surface area contributed by atoms with Gasteiger partial charge in [-0.05, 0) is 26.7 Å². The van der Waals surface area contributed by atoms with E-state index in [1.807, 2.05) is 0 Å². The lowest BCUT2D eigenvalue weighted by molar-refractivity contribution is -0.137. The normalized spacial score (nSPS) is 16.7. The average Bonchev–Trinajstić information content (AvgIpc) is 2.02. The predicted octanol–water partition coefficient (Wildman–Crippen LogP) is 2.50. The van der Waals surface area contributed by atoms with Crippen LogP contribution in [-0.4, -0.2) is 30.1 Å². The van der Waals surface area contributed by atoms with Crippen molar-refractivity contribution < 1.29 is 23.0 Å². The minimum Gasteiger partial charge on any atom is -0.390 e. The molecule has 86 valence electrons. The third-order valence-corrected chi connectivity index (χ3v) is 1.93. The minimum atomic E-state index is -4.13. The Kier molecular flexibility index (Phi) is 6.11. The van der Waals surface area contributed by atoms with E-state index >= 15 is 0 Å². The molecule has 2 nitrogen and oxygen atoms in total. The van der Waals surface area contributed by atoms with Crippen molar-refractivity contribution in [3.63, 3.8) is 0 Å². The molecule has 0 aromatic carbocycles. The first-order chi connectivity index (χ1) is 6.37. The number of halogens is 3. The van der Waals surface area contributed by atoms with Crippen LogP contribution in [0.3, 0.4) is 0 Å². The molecule has 0 aliphatic carbocycles. The molecule has 1 N–H and O–H groups in total. The predicted molar refractivity (Wildman–Crippen MR) is 47.0 cm³/mol. The van der Waals surface area contributed by atoms with E-state index in [1.165, 1.54) is 0 Å². The van der Waals surface area contributed by atoms with Crippen molar-refractivity contribution in [1.29, 1.82) is 0 Å². The van der Waals surface area contributed by atoms with E-state index < -0.39 is 24.8 Å². The molecule has 0 rings (SSSR count). The molecule has 0 bridgehead atoms. The summed E-state index contributed by atoms with van der Waals surface area (Å²) < 4.78 is 40.3. The van der Waals surface area contributed by atoms with E-state index in [9.17, 15) is 18.3 Å². The van der Waals surface area contributed by atoms with E-state index in [4.69, 9.17) is 4.74 Å². The summed E-state index contributed by atoms with van der Waals surface area (Å²) in [5, 5.41) is 9.35. The molecule has 5 heteroatoms. The Labute approximate surface area is 82.1 Å². The van der Waals surface area contributed by atoms with Crippen molar-refractivity contribution in [3.8, 4) is 0 Å². The van der Waals surface area contributed by atoms with Gasteiger partial charge in [0.15, 0.2) is 0 Å². The van der Waals surface area contributed by atoms with Crippen LogP contribution in [0, 0.1) is 0 Å². The van der Waals surface area contributed by atoms with Gasteiger partial charge in [-0.1, -0.05) is 0 Å². The van der Waals surface area contributed by atoms with Crippen molar-refractivity contribution in [1.82, 2.24) is 0 Å². The average molecular weight is 214 g/mol. The molecule has 2 unspecified atom stereocenters. The summed E-state index contributed by atoms with van der Waals surface area (Å²) in [5.74, 6) is 0. The summed E-state index contributed by atoms with van der Waals surface area (Å²) in [5.41, 5.74) is 0. The van der Waals surface area contributed by atoms with E-state index in [-0.39, 0.29) is 12.8 Å². The SMILES string of the molecule is CCOC(C)C(O)CCCC(F)(F)F. The van der Waals surface area contributed by atoms with E-state index in [0.717, 1.165) is 0 Å². The van der Waals surface area contributed by atoms with Gasteiger partial charge in [-0.15, -0.1) is 0 Å². The number of alkyl halides is 3. The number of hydrogen-bond acceptors (Lipinski definition) is 2. The maximum Gasteiger partial charge on any atom is 0.389 e. The van der Waals surface area contributed by atoms with Gasteiger partial charge in [0.25, 0.3) is 0 Å². The van der Waals surface area contributed by atoms with E-state index in [0.29, 0.717) is 6.61 Å². The molecule has 0 spiro atoms. The monoisotopic (exact) mass is 214 g/mol. The summed E-state index contributed by atoms with van der Waals surface area (Å²) in [6, 6.07) is 0. The van der Waals surface area contributed by atoms with Gasteiger partial charge in [0.1, 0.15) is 0 Å². The van der Waals surface area contributed by atoms with Gasteiger partial charge in [0.2, 0.25) is 0 Å². The lowest BCUT2D eigenvalue weighted by Crippen LogP contribution is -2.26. The highest BCUT2D eigenvalue weighted by Crippen LogP contribution is 2.23. The Bertz CT molecular complexity index is 147. The highest BCUT2D eigenvalue weighted by Gasteiger charge is 2.27. The summed E-state index contributed by atoms with van der Waals surface area (Å²) in [6.07, 6.45) is -6.11. The first kappa shape index (κ1) is 13.7. The zero-order valence-electron chi connectivity index (χ0n) is 8.47.